The van der Waals surface area contributed by atoms with Crippen LogP contribution >= 0.6 is 7.75 Å². The maximum absolute atomic E-state index is 14.3. The standard InChI is InChI=1S/C28H31N2O3P/c1-17-11-19-24-21(13-17)32-34(31,30-23-9-7-8-10-29-23)33-22-14-18(2)12-20-25(22)28(24,15-26(19,3)4)16-27(20,5)6/h7-14H,15-16H2,1-6H3,(H,29,30,31). The number of aryl methyl sites for hydroxylation is 2. The number of aromatic nitrogens is 1. The van der Waals surface area contributed by atoms with E-state index in [1.165, 1.54) is 22.3 Å². The van der Waals surface area contributed by atoms with Crippen LogP contribution in [0.4, 0.5) is 5.82 Å². The van der Waals surface area contributed by atoms with Crippen molar-refractivity contribution in [3.8, 4) is 11.5 Å². The van der Waals surface area contributed by atoms with Crippen LogP contribution in [0.15, 0.2) is 48.7 Å². The molecule has 176 valence electrons. The van der Waals surface area contributed by atoms with Gasteiger partial charge in [-0.25, -0.2) is 9.55 Å². The van der Waals surface area contributed by atoms with Gasteiger partial charge in [0.1, 0.15) is 17.3 Å². The van der Waals surface area contributed by atoms with Crippen molar-refractivity contribution in [3.05, 3.63) is 82.0 Å². The number of anilines is 1. The summed E-state index contributed by atoms with van der Waals surface area (Å²) in [6, 6.07) is 14.0. The Hall–Kier alpha value is -2.78. The van der Waals surface area contributed by atoms with Crippen LogP contribution in [-0.2, 0) is 20.8 Å². The molecule has 0 radical (unpaired) electrons. The van der Waals surface area contributed by atoms with Crippen LogP contribution < -0.4 is 14.1 Å². The number of hydrogen-bond acceptors (Lipinski definition) is 4. The normalized spacial score (nSPS) is 21.4. The Bertz CT molecular complexity index is 1310. The van der Waals surface area contributed by atoms with E-state index in [0.29, 0.717) is 17.3 Å². The van der Waals surface area contributed by atoms with Gasteiger partial charge in [0.2, 0.25) is 0 Å². The Labute approximate surface area is 201 Å². The predicted octanol–water partition coefficient (Wildman–Crippen LogP) is 7.34. The average Bonchev–Trinajstić information content (AvgIpc) is 3.06. The number of nitrogens with zero attached hydrogens (tertiary/aromatic N) is 1. The molecule has 34 heavy (non-hydrogen) atoms. The molecule has 0 bridgehead atoms. The smallest absolute Gasteiger partial charge is 0.400 e. The molecule has 0 atom stereocenters. The summed E-state index contributed by atoms with van der Waals surface area (Å²) in [5.41, 5.74) is 6.73. The van der Waals surface area contributed by atoms with Gasteiger partial charge in [-0.2, -0.15) is 0 Å². The van der Waals surface area contributed by atoms with Crippen LogP contribution in [0.3, 0.4) is 0 Å². The van der Waals surface area contributed by atoms with Crippen LogP contribution in [0.5, 0.6) is 11.5 Å². The summed E-state index contributed by atoms with van der Waals surface area (Å²) in [6.45, 7) is 13.4. The third kappa shape index (κ3) is 2.99. The SMILES string of the molecule is Cc1cc2c3c(c1)C(C)(C)CC31CC(C)(C)c3cc(C)cc(c31)OP(=O)(Nc1ccccn1)O2. The highest BCUT2D eigenvalue weighted by Gasteiger charge is 2.60. The molecule has 6 heteroatoms. The van der Waals surface area contributed by atoms with Crippen molar-refractivity contribution in [2.45, 2.75) is 70.6 Å². The van der Waals surface area contributed by atoms with Gasteiger partial charge in [-0.15, -0.1) is 0 Å². The van der Waals surface area contributed by atoms with Gasteiger partial charge >= 0.3 is 7.75 Å². The highest BCUT2D eigenvalue weighted by Crippen LogP contribution is 2.69. The highest BCUT2D eigenvalue weighted by molar-refractivity contribution is 7.56. The lowest BCUT2D eigenvalue weighted by atomic mass is 9.72. The molecule has 2 aromatic carbocycles. The minimum atomic E-state index is -3.85. The first-order valence-corrected chi connectivity index (χ1v) is 13.5. The first-order valence-electron chi connectivity index (χ1n) is 11.9. The van der Waals surface area contributed by atoms with Crippen LogP contribution in [-0.4, -0.2) is 4.98 Å². The van der Waals surface area contributed by atoms with Crippen molar-refractivity contribution >= 4 is 13.6 Å². The molecule has 1 N–H and O–H groups in total. The average molecular weight is 475 g/mol. The Balaban J connectivity index is 1.68. The minimum Gasteiger partial charge on any atom is -0.400 e. The molecule has 1 spiro atoms. The molecule has 0 saturated heterocycles. The third-order valence-corrected chi connectivity index (χ3v) is 9.13. The highest BCUT2D eigenvalue weighted by atomic mass is 31.2. The molecule has 0 fully saturated rings. The van der Waals surface area contributed by atoms with Gasteiger partial charge in [0, 0.05) is 22.7 Å². The van der Waals surface area contributed by atoms with E-state index in [1.54, 1.807) is 12.3 Å². The minimum absolute atomic E-state index is 0.0535. The van der Waals surface area contributed by atoms with Crippen LogP contribution in [0.1, 0.15) is 73.9 Å². The molecule has 3 aliphatic rings. The topological polar surface area (TPSA) is 60.5 Å². The molecule has 6 rings (SSSR count). The lowest BCUT2D eigenvalue weighted by Crippen LogP contribution is -2.29. The monoisotopic (exact) mass is 474 g/mol. The van der Waals surface area contributed by atoms with Crippen molar-refractivity contribution in [3.63, 3.8) is 0 Å². The molecule has 2 aliphatic carbocycles. The van der Waals surface area contributed by atoms with Gasteiger partial charge in [0.25, 0.3) is 0 Å². The van der Waals surface area contributed by atoms with Crippen molar-refractivity contribution in [2.75, 3.05) is 5.09 Å². The van der Waals surface area contributed by atoms with Gasteiger partial charge in [0.05, 0.1) is 0 Å². The number of hydrogen-bond donors (Lipinski definition) is 1. The Morgan fingerprint density at radius 2 is 1.38 bits per heavy atom. The van der Waals surface area contributed by atoms with E-state index in [1.807, 2.05) is 24.3 Å². The molecule has 3 aromatic rings. The second-order valence-corrected chi connectivity index (χ2v) is 13.2. The van der Waals surface area contributed by atoms with Gasteiger partial charge in [0.15, 0.2) is 0 Å². The molecule has 0 saturated carbocycles. The predicted molar refractivity (Wildman–Crippen MR) is 135 cm³/mol. The summed E-state index contributed by atoms with van der Waals surface area (Å²) in [5.74, 6) is 1.76. The van der Waals surface area contributed by atoms with Gasteiger partial charge in [-0.1, -0.05) is 45.9 Å². The maximum Gasteiger partial charge on any atom is 0.542 e. The lowest BCUT2D eigenvalue weighted by Gasteiger charge is -2.35. The molecular formula is C28H31N2O3P. The summed E-state index contributed by atoms with van der Waals surface area (Å²) in [4.78, 5) is 4.31. The van der Waals surface area contributed by atoms with Crippen LogP contribution in [0.2, 0.25) is 0 Å². The lowest BCUT2D eigenvalue weighted by molar-refractivity contribution is 0.329. The first kappa shape index (κ1) is 21.7. The summed E-state index contributed by atoms with van der Waals surface area (Å²) in [7, 11) is -3.85. The number of pyridine rings is 1. The quantitative estimate of drug-likeness (QED) is 0.394. The summed E-state index contributed by atoms with van der Waals surface area (Å²) in [5, 5.41) is 2.99. The Morgan fingerprint density at radius 1 is 0.853 bits per heavy atom. The molecule has 5 nitrogen and oxygen atoms in total. The van der Waals surface area contributed by atoms with Crippen molar-refractivity contribution in [2.24, 2.45) is 0 Å². The van der Waals surface area contributed by atoms with Crippen molar-refractivity contribution in [1.29, 1.82) is 0 Å². The number of benzene rings is 2. The van der Waals surface area contributed by atoms with Crippen molar-refractivity contribution in [1.82, 2.24) is 4.98 Å². The summed E-state index contributed by atoms with van der Waals surface area (Å²) in [6.07, 6.45) is 3.58. The maximum atomic E-state index is 14.3. The van der Waals surface area contributed by atoms with E-state index in [-0.39, 0.29) is 16.2 Å². The fourth-order valence-electron chi connectivity index (χ4n) is 6.84. The van der Waals surface area contributed by atoms with Crippen LogP contribution in [0.25, 0.3) is 0 Å². The summed E-state index contributed by atoms with van der Waals surface area (Å²) < 4.78 is 27.1. The molecule has 2 heterocycles. The zero-order valence-electron chi connectivity index (χ0n) is 20.7. The summed E-state index contributed by atoms with van der Waals surface area (Å²) >= 11 is 0. The second kappa shape index (κ2) is 6.66. The molecule has 0 unspecified atom stereocenters. The zero-order chi connectivity index (χ0) is 24.1. The van der Waals surface area contributed by atoms with Crippen LogP contribution in [0, 0.1) is 13.8 Å². The molecule has 1 aromatic heterocycles. The van der Waals surface area contributed by atoms with E-state index in [2.05, 4.69) is 63.7 Å². The Kier molecular flexibility index (Phi) is 4.26. The molecule has 1 aliphatic heterocycles. The fraction of sp³-hybridized carbons (Fsp3) is 0.393. The van der Waals surface area contributed by atoms with Gasteiger partial charge in [-0.05, 0) is 84.0 Å². The van der Waals surface area contributed by atoms with Crippen molar-refractivity contribution < 1.29 is 13.6 Å². The molecule has 0 amide bonds. The van der Waals surface area contributed by atoms with E-state index in [4.69, 9.17) is 9.05 Å². The molecular weight excluding hydrogens is 443 g/mol. The number of nitrogens with one attached hydrogen (secondary N) is 1. The van der Waals surface area contributed by atoms with E-state index >= 15 is 0 Å². The van der Waals surface area contributed by atoms with Gasteiger partial charge in [-0.3, -0.25) is 5.09 Å². The van der Waals surface area contributed by atoms with E-state index < -0.39 is 7.75 Å². The van der Waals surface area contributed by atoms with E-state index in [0.717, 1.165) is 24.0 Å². The fourth-order valence-corrected chi connectivity index (χ4v) is 8.19. The second-order valence-electron chi connectivity index (χ2n) is 11.6. The first-order chi connectivity index (χ1) is 15.9. The third-order valence-electron chi connectivity index (χ3n) is 7.75. The largest absolute Gasteiger partial charge is 0.542 e. The van der Waals surface area contributed by atoms with E-state index in [9.17, 15) is 4.57 Å². The van der Waals surface area contributed by atoms with Gasteiger partial charge < -0.3 is 9.05 Å². The number of rotatable bonds is 2. The Morgan fingerprint density at radius 3 is 1.85 bits per heavy atom. The zero-order valence-corrected chi connectivity index (χ0v) is 21.5.